The van der Waals surface area contributed by atoms with E-state index in [1.165, 1.54) is 76.7 Å². The smallest absolute Gasteiger partial charge is 0.0546 e. The lowest BCUT2D eigenvalue weighted by Gasteiger charge is -2.28. The molecule has 0 aliphatic heterocycles. The molecule has 0 radical (unpaired) electrons. The molecule has 0 atom stereocenters. The van der Waals surface area contributed by atoms with Crippen molar-refractivity contribution in [3.05, 3.63) is 231 Å². The predicted octanol–water partition coefficient (Wildman–Crippen LogP) is 15.6. The molecule has 2 heteroatoms. The number of hydrogen-bond acceptors (Lipinski definition) is 1. The molecule has 0 fully saturated rings. The van der Waals surface area contributed by atoms with Gasteiger partial charge in [-0.3, -0.25) is 0 Å². The second-order valence-corrected chi connectivity index (χ2v) is 15.0. The molecule has 0 aliphatic rings. The molecule has 0 N–H and O–H groups in total. The maximum atomic E-state index is 2.41. The van der Waals surface area contributed by atoms with E-state index in [1.54, 1.807) is 0 Å². The maximum Gasteiger partial charge on any atom is 0.0546 e. The van der Waals surface area contributed by atoms with Crippen molar-refractivity contribution in [2.75, 3.05) is 4.90 Å². The SMILES string of the molecule is c1ccc(-c2ccc(N(c3ccc(-c4ccc5c(c4)c4cc(-c6ccccc6)ccc4n5-c4ccccc4)cc3)c3cc4ccccc4c4ccccc34)cc2)cc1. The van der Waals surface area contributed by atoms with Gasteiger partial charge < -0.3 is 9.47 Å². The third kappa shape index (κ3) is 5.82. The second kappa shape index (κ2) is 14.1. The molecule has 11 rings (SSSR count). The van der Waals surface area contributed by atoms with Gasteiger partial charge in [0.25, 0.3) is 0 Å². The molecule has 0 aliphatic carbocycles. The van der Waals surface area contributed by atoms with E-state index in [1.807, 2.05) is 0 Å². The second-order valence-electron chi connectivity index (χ2n) is 15.0. The molecule has 0 saturated heterocycles. The van der Waals surface area contributed by atoms with Crippen molar-refractivity contribution in [1.29, 1.82) is 0 Å². The van der Waals surface area contributed by atoms with Gasteiger partial charge in [0.05, 0.1) is 16.7 Å². The van der Waals surface area contributed by atoms with Crippen LogP contribution in [0.5, 0.6) is 0 Å². The lowest BCUT2D eigenvalue weighted by atomic mass is 9.98. The van der Waals surface area contributed by atoms with Gasteiger partial charge in [0.1, 0.15) is 0 Å². The van der Waals surface area contributed by atoms with Gasteiger partial charge in [0.2, 0.25) is 0 Å². The number of aromatic nitrogens is 1. The highest BCUT2D eigenvalue weighted by atomic mass is 15.1. The van der Waals surface area contributed by atoms with Gasteiger partial charge in [-0.05, 0) is 116 Å². The highest BCUT2D eigenvalue weighted by Gasteiger charge is 2.19. The van der Waals surface area contributed by atoms with Crippen LogP contribution in [0.4, 0.5) is 17.1 Å². The van der Waals surface area contributed by atoms with E-state index in [4.69, 9.17) is 0 Å². The molecule has 58 heavy (non-hydrogen) atoms. The minimum Gasteiger partial charge on any atom is -0.310 e. The minimum atomic E-state index is 1.10. The molecule has 10 aromatic carbocycles. The van der Waals surface area contributed by atoms with E-state index >= 15 is 0 Å². The average Bonchev–Trinajstić information content (AvgIpc) is 3.63. The van der Waals surface area contributed by atoms with Gasteiger partial charge in [0, 0.05) is 33.2 Å². The lowest BCUT2D eigenvalue weighted by Crippen LogP contribution is -2.10. The van der Waals surface area contributed by atoms with Gasteiger partial charge in [-0.15, -0.1) is 0 Å². The number of hydrogen-bond donors (Lipinski definition) is 0. The standard InChI is InChI=1S/C56H38N2/c1-4-14-39(15-5-1)41-24-30-47(31-25-41)57(56-38-45-18-10-11-21-49(45)50-22-12-13-23-51(50)56)48-32-26-42(27-33-48)44-29-35-55-53(37-44)52-36-43(40-16-6-2-7-17-40)28-34-54(52)58(55)46-19-8-3-9-20-46/h1-38H. The molecule has 2 nitrogen and oxygen atoms in total. The molecular weight excluding hydrogens is 701 g/mol. The Morgan fingerprint density at radius 2 is 0.690 bits per heavy atom. The Morgan fingerprint density at radius 1 is 0.276 bits per heavy atom. The molecular formula is C56H38N2. The van der Waals surface area contributed by atoms with Crippen molar-refractivity contribution in [1.82, 2.24) is 4.57 Å². The van der Waals surface area contributed by atoms with Gasteiger partial charge in [-0.2, -0.15) is 0 Å². The summed E-state index contributed by atoms with van der Waals surface area (Å²) in [6, 6.07) is 83.7. The summed E-state index contributed by atoms with van der Waals surface area (Å²) in [7, 11) is 0. The van der Waals surface area contributed by atoms with Crippen molar-refractivity contribution in [3.63, 3.8) is 0 Å². The fraction of sp³-hybridized carbons (Fsp3) is 0. The van der Waals surface area contributed by atoms with Crippen molar-refractivity contribution in [3.8, 4) is 39.1 Å². The molecule has 0 unspecified atom stereocenters. The van der Waals surface area contributed by atoms with Crippen LogP contribution in [0, 0.1) is 0 Å². The van der Waals surface area contributed by atoms with Gasteiger partial charge in [0.15, 0.2) is 0 Å². The Balaban J connectivity index is 1.05. The summed E-state index contributed by atoms with van der Waals surface area (Å²) in [5, 5.41) is 7.42. The Morgan fingerprint density at radius 3 is 1.26 bits per heavy atom. The van der Waals surface area contributed by atoms with Crippen molar-refractivity contribution >= 4 is 60.4 Å². The average molecular weight is 739 g/mol. The number of nitrogens with zero attached hydrogens (tertiary/aromatic N) is 2. The summed E-state index contributed by atoms with van der Waals surface area (Å²) in [6.07, 6.45) is 0. The molecule has 1 aromatic heterocycles. The van der Waals surface area contributed by atoms with E-state index in [0.717, 1.165) is 22.7 Å². The van der Waals surface area contributed by atoms with E-state index in [9.17, 15) is 0 Å². The van der Waals surface area contributed by atoms with Crippen LogP contribution >= 0.6 is 0 Å². The molecule has 0 bridgehead atoms. The topological polar surface area (TPSA) is 8.17 Å². The van der Waals surface area contributed by atoms with Gasteiger partial charge in [-0.25, -0.2) is 0 Å². The number of rotatable bonds is 7. The first-order valence-electron chi connectivity index (χ1n) is 19.9. The van der Waals surface area contributed by atoms with Crippen LogP contribution in [0.25, 0.3) is 82.4 Å². The van der Waals surface area contributed by atoms with E-state index in [-0.39, 0.29) is 0 Å². The van der Waals surface area contributed by atoms with Crippen LogP contribution in [0.3, 0.4) is 0 Å². The molecule has 0 spiro atoms. The quantitative estimate of drug-likeness (QED) is 0.148. The first-order valence-corrected chi connectivity index (χ1v) is 19.9. The summed E-state index contributed by atoms with van der Waals surface area (Å²) in [4.78, 5) is 2.41. The van der Waals surface area contributed by atoms with Crippen LogP contribution in [0.2, 0.25) is 0 Å². The summed E-state index contributed by atoms with van der Waals surface area (Å²) < 4.78 is 2.39. The van der Waals surface area contributed by atoms with Crippen LogP contribution in [-0.2, 0) is 0 Å². The Hall–Kier alpha value is -7.68. The van der Waals surface area contributed by atoms with Crippen LogP contribution in [-0.4, -0.2) is 4.57 Å². The largest absolute Gasteiger partial charge is 0.310 e. The fourth-order valence-electron chi connectivity index (χ4n) is 8.75. The molecule has 11 aromatic rings. The van der Waals surface area contributed by atoms with Crippen molar-refractivity contribution < 1.29 is 0 Å². The fourth-order valence-corrected chi connectivity index (χ4v) is 8.75. The normalized spacial score (nSPS) is 11.4. The summed E-state index contributed by atoms with van der Waals surface area (Å²) in [6.45, 7) is 0. The Labute approximate surface area is 338 Å². The monoisotopic (exact) mass is 738 g/mol. The third-order valence-corrected chi connectivity index (χ3v) is 11.6. The molecule has 0 saturated carbocycles. The summed E-state index contributed by atoms with van der Waals surface area (Å²) in [5.74, 6) is 0. The molecule has 272 valence electrons. The lowest BCUT2D eigenvalue weighted by molar-refractivity contribution is 1.18. The number of fused-ring (bicyclic) bond motifs is 6. The summed E-state index contributed by atoms with van der Waals surface area (Å²) in [5.41, 5.74) is 14.1. The number of benzene rings is 10. The van der Waals surface area contributed by atoms with Gasteiger partial charge in [-0.1, -0.05) is 164 Å². The zero-order valence-electron chi connectivity index (χ0n) is 31.8. The zero-order valence-corrected chi connectivity index (χ0v) is 31.8. The number of para-hydroxylation sites is 1. The molecule has 1 heterocycles. The first-order chi connectivity index (χ1) is 28.8. The van der Waals surface area contributed by atoms with Crippen LogP contribution < -0.4 is 4.90 Å². The Kier molecular flexibility index (Phi) is 8.19. The maximum absolute atomic E-state index is 2.41. The predicted molar refractivity (Wildman–Crippen MR) is 247 cm³/mol. The minimum absolute atomic E-state index is 1.10. The van der Waals surface area contributed by atoms with Crippen LogP contribution in [0.1, 0.15) is 0 Å². The van der Waals surface area contributed by atoms with Crippen molar-refractivity contribution in [2.45, 2.75) is 0 Å². The van der Waals surface area contributed by atoms with E-state index in [0.29, 0.717) is 0 Å². The third-order valence-electron chi connectivity index (χ3n) is 11.6. The highest BCUT2D eigenvalue weighted by molar-refractivity contribution is 6.15. The van der Waals surface area contributed by atoms with E-state index in [2.05, 4.69) is 240 Å². The highest BCUT2D eigenvalue weighted by Crippen LogP contribution is 2.43. The van der Waals surface area contributed by atoms with Crippen molar-refractivity contribution in [2.24, 2.45) is 0 Å². The van der Waals surface area contributed by atoms with Crippen LogP contribution in [0.15, 0.2) is 231 Å². The van der Waals surface area contributed by atoms with E-state index < -0.39 is 0 Å². The number of anilines is 3. The van der Waals surface area contributed by atoms with Gasteiger partial charge >= 0.3 is 0 Å². The Bertz CT molecular complexity index is 3240. The molecule has 0 amide bonds. The first kappa shape index (κ1) is 33.6. The zero-order chi connectivity index (χ0) is 38.4. The summed E-state index contributed by atoms with van der Waals surface area (Å²) >= 11 is 0.